The number of aliphatic hydroxyl groups is 1. The number of rotatable bonds is 7. The van der Waals surface area contributed by atoms with Crippen LogP contribution in [0.4, 0.5) is 14.5 Å². The van der Waals surface area contributed by atoms with E-state index in [1.165, 1.54) is 18.3 Å². The summed E-state index contributed by atoms with van der Waals surface area (Å²) in [6.45, 7) is -0.682. The van der Waals surface area contributed by atoms with Crippen molar-refractivity contribution in [2.45, 2.75) is 12.8 Å². The van der Waals surface area contributed by atoms with E-state index in [4.69, 9.17) is 9.84 Å². The molecule has 0 saturated heterocycles. The molecule has 23 heavy (non-hydrogen) atoms. The van der Waals surface area contributed by atoms with Gasteiger partial charge < -0.3 is 15.2 Å². The molecule has 0 saturated carbocycles. The molecule has 0 bridgehead atoms. The van der Waals surface area contributed by atoms with Crippen LogP contribution in [-0.4, -0.2) is 35.6 Å². The molecule has 0 aliphatic rings. The number of aromatic nitrogens is 1. The largest absolute Gasteiger partial charge is 0.488 e. The van der Waals surface area contributed by atoms with Gasteiger partial charge in [0.2, 0.25) is 0 Å². The van der Waals surface area contributed by atoms with Crippen LogP contribution in [0.2, 0.25) is 0 Å². The summed E-state index contributed by atoms with van der Waals surface area (Å²) in [6.07, 6.45) is -0.725. The molecular formula is C16H16F2N2O3. The van der Waals surface area contributed by atoms with Crippen molar-refractivity contribution in [1.82, 2.24) is 4.98 Å². The number of nitrogens with zero attached hydrogens (tertiary/aromatic N) is 1. The molecule has 0 unspecified atom stereocenters. The number of hydrogen-bond acceptors (Lipinski definition) is 4. The topological polar surface area (TPSA) is 71.5 Å². The van der Waals surface area contributed by atoms with Gasteiger partial charge in [-0.1, -0.05) is 12.1 Å². The predicted molar refractivity (Wildman–Crippen MR) is 80.9 cm³/mol. The van der Waals surface area contributed by atoms with Gasteiger partial charge >= 0.3 is 0 Å². The lowest BCUT2D eigenvalue weighted by Gasteiger charge is -2.08. The lowest BCUT2D eigenvalue weighted by molar-refractivity contribution is 0.0818. The van der Waals surface area contributed by atoms with Crippen molar-refractivity contribution in [3.05, 3.63) is 53.9 Å². The number of carbonyl (C=O) groups excluding carboxylic acids is 1. The zero-order chi connectivity index (χ0) is 16.7. The molecular weight excluding hydrogens is 306 g/mol. The predicted octanol–water partition coefficient (Wildman–Crippen LogP) is 2.51. The lowest BCUT2D eigenvalue weighted by Crippen LogP contribution is -2.14. The minimum atomic E-state index is -2.59. The van der Waals surface area contributed by atoms with Crippen LogP contribution < -0.4 is 10.1 Å². The zero-order valence-corrected chi connectivity index (χ0v) is 12.2. The Labute approximate surface area is 131 Å². The standard InChI is InChI=1S/C16H16F2N2O3/c17-15(18)10-23-13-5-7-19-14(9-13)16(22)20-12-3-1-11(2-4-12)6-8-21/h1-5,7,9,15,21H,6,8,10H2,(H,20,22). The third-order valence-corrected chi connectivity index (χ3v) is 2.95. The molecule has 0 spiro atoms. The van der Waals surface area contributed by atoms with E-state index in [1.54, 1.807) is 24.3 Å². The first-order chi connectivity index (χ1) is 11.1. The van der Waals surface area contributed by atoms with E-state index in [0.717, 1.165) is 5.56 Å². The summed E-state index contributed by atoms with van der Waals surface area (Å²) in [5.74, 6) is -0.314. The SMILES string of the molecule is O=C(Nc1ccc(CCO)cc1)c1cc(OCC(F)F)ccn1. The molecule has 0 aliphatic carbocycles. The molecule has 0 fully saturated rings. The van der Waals surface area contributed by atoms with Gasteiger partial charge in [-0.2, -0.15) is 0 Å². The highest BCUT2D eigenvalue weighted by Gasteiger charge is 2.10. The zero-order valence-electron chi connectivity index (χ0n) is 12.2. The molecule has 5 nitrogen and oxygen atoms in total. The number of anilines is 1. The Hall–Kier alpha value is -2.54. The molecule has 0 atom stereocenters. The van der Waals surface area contributed by atoms with Gasteiger partial charge in [-0.15, -0.1) is 0 Å². The van der Waals surface area contributed by atoms with Crippen molar-refractivity contribution >= 4 is 11.6 Å². The Bertz CT molecular complexity index is 648. The molecule has 1 aromatic heterocycles. The second kappa shape index (κ2) is 8.19. The van der Waals surface area contributed by atoms with Crippen molar-refractivity contribution in [2.75, 3.05) is 18.5 Å². The fraction of sp³-hybridized carbons (Fsp3) is 0.250. The minimum absolute atomic E-state index is 0.0566. The van der Waals surface area contributed by atoms with E-state index in [2.05, 4.69) is 10.3 Å². The molecule has 2 N–H and O–H groups in total. The number of halogens is 2. The average molecular weight is 322 g/mol. The normalized spacial score (nSPS) is 10.6. The monoisotopic (exact) mass is 322 g/mol. The number of alkyl halides is 2. The second-order valence-electron chi connectivity index (χ2n) is 4.70. The van der Waals surface area contributed by atoms with Crippen LogP contribution in [0, 0.1) is 0 Å². The third kappa shape index (κ3) is 5.30. The van der Waals surface area contributed by atoms with Crippen LogP contribution in [-0.2, 0) is 6.42 Å². The van der Waals surface area contributed by atoms with Crippen LogP contribution >= 0.6 is 0 Å². The summed E-state index contributed by atoms with van der Waals surface area (Å²) in [5.41, 5.74) is 1.58. The van der Waals surface area contributed by atoms with E-state index < -0.39 is 18.9 Å². The number of carbonyl (C=O) groups is 1. The summed E-state index contributed by atoms with van der Waals surface area (Å²) in [5, 5.41) is 11.5. The highest BCUT2D eigenvalue weighted by Crippen LogP contribution is 2.15. The molecule has 2 aromatic rings. The average Bonchev–Trinajstić information content (AvgIpc) is 2.55. The Morgan fingerprint density at radius 3 is 2.65 bits per heavy atom. The van der Waals surface area contributed by atoms with Crippen LogP contribution in [0.5, 0.6) is 5.75 Å². The summed E-state index contributed by atoms with van der Waals surface area (Å²) in [4.78, 5) is 16.0. The van der Waals surface area contributed by atoms with Crippen molar-refractivity contribution in [2.24, 2.45) is 0 Å². The number of benzene rings is 1. The van der Waals surface area contributed by atoms with Gasteiger partial charge in [0.1, 0.15) is 18.1 Å². The van der Waals surface area contributed by atoms with E-state index in [0.29, 0.717) is 12.1 Å². The van der Waals surface area contributed by atoms with Crippen molar-refractivity contribution in [1.29, 1.82) is 0 Å². The summed E-state index contributed by atoms with van der Waals surface area (Å²) in [6, 6.07) is 9.71. The second-order valence-corrected chi connectivity index (χ2v) is 4.70. The number of hydrogen-bond donors (Lipinski definition) is 2. The lowest BCUT2D eigenvalue weighted by atomic mass is 10.1. The van der Waals surface area contributed by atoms with Crippen molar-refractivity contribution in [3.8, 4) is 5.75 Å². The maximum absolute atomic E-state index is 12.1. The molecule has 0 aliphatic heterocycles. The van der Waals surface area contributed by atoms with E-state index in [-0.39, 0.29) is 18.1 Å². The fourth-order valence-electron chi connectivity index (χ4n) is 1.86. The Morgan fingerprint density at radius 2 is 2.00 bits per heavy atom. The molecule has 1 aromatic carbocycles. The molecule has 2 rings (SSSR count). The van der Waals surface area contributed by atoms with Gasteiger partial charge in [-0.25, -0.2) is 8.78 Å². The van der Waals surface area contributed by atoms with Crippen LogP contribution in [0.1, 0.15) is 16.1 Å². The van der Waals surface area contributed by atoms with Gasteiger partial charge in [0.15, 0.2) is 0 Å². The fourth-order valence-corrected chi connectivity index (χ4v) is 1.86. The summed E-state index contributed by atoms with van der Waals surface area (Å²) in [7, 11) is 0. The number of nitrogens with one attached hydrogen (secondary N) is 1. The summed E-state index contributed by atoms with van der Waals surface area (Å²) >= 11 is 0. The number of aliphatic hydroxyl groups excluding tert-OH is 1. The molecule has 1 heterocycles. The van der Waals surface area contributed by atoms with Gasteiger partial charge in [-0.3, -0.25) is 9.78 Å². The van der Waals surface area contributed by atoms with E-state index in [1.807, 2.05) is 0 Å². The maximum Gasteiger partial charge on any atom is 0.274 e. The van der Waals surface area contributed by atoms with Gasteiger partial charge in [-0.05, 0) is 30.2 Å². The van der Waals surface area contributed by atoms with Gasteiger partial charge in [0.05, 0.1) is 0 Å². The maximum atomic E-state index is 12.1. The van der Waals surface area contributed by atoms with Crippen LogP contribution in [0.15, 0.2) is 42.6 Å². The Balaban J connectivity index is 2.01. The van der Waals surface area contributed by atoms with E-state index >= 15 is 0 Å². The Kier molecular flexibility index (Phi) is 5.99. The van der Waals surface area contributed by atoms with Gasteiger partial charge in [0.25, 0.3) is 12.3 Å². The van der Waals surface area contributed by atoms with Crippen LogP contribution in [0.3, 0.4) is 0 Å². The molecule has 0 radical (unpaired) electrons. The van der Waals surface area contributed by atoms with Crippen molar-refractivity contribution in [3.63, 3.8) is 0 Å². The molecule has 1 amide bonds. The quantitative estimate of drug-likeness (QED) is 0.822. The summed E-state index contributed by atoms with van der Waals surface area (Å²) < 4.78 is 29.1. The number of amides is 1. The third-order valence-electron chi connectivity index (χ3n) is 2.95. The molecule has 7 heteroatoms. The van der Waals surface area contributed by atoms with Crippen molar-refractivity contribution < 1.29 is 23.4 Å². The molecule has 122 valence electrons. The van der Waals surface area contributed by atoms with Gasteiger partial charge in [0, 0.05) is 24.6 Å². The first-order valence-electron chi connectivity index (χ1n) is 6.96. The number of ether oxygens (including phenoxy) is 1. The first-order valence-corrected chi connectivity index (χ1v) is 6.96. The Morgan fingerprint density at radius 1 is 1.26 bits per heavy atom. The number of pyridine rings is 1. The van der Waals surface area contributed by atoms with Crippen LogP contribution in [0.25, 0.3) is 0 Å². The first kappa shape index (κ1) is 16.8. The minimum Gasteiger partial charge on any atom is -0.488 e. The highest BCUT2D eigenvalue weighted by atomic mass is 19.3. The highest BCUT2D eigenvalue weighted by molar-refractivity contribution is 6.03. The van der Waals surface area contributed by atoms with E-state index in [9.17, 15) is 13.6 Å². The smallest absolute Gasteiger partial charge is 0.274 e.